The van der Waals surface area contributed by atoms with Crippen LogP contribution in [-0.4, -0.2) is 87.7 Å². The number of hydrogen-bond acceptors (Lipinski definition) is 6. The number of likely N-dealkylation sites (N-methyl/N-ethyl adjacent to an activating group) is 1. The van der Waals surface area contributed by atoms with Crippen LogP contribution in [0.3, 0.4) is 0 Å². The minimum Gasteiger partial charge on any atom is -0.493 e. The highest BCUT2D eigenvalue weighted by Crippen LogP contribution is 2.36. The minimum absolute atomic E-state index is 0.0962. The van der Waals surface area contributed by atoms with E-state index < -0.39 is 22.0 Å². The van der Waals surface area contributed by atoms with Gasteiger partial charge in [-0.1, -0.05) is 35.3 Å². The van der Waals surface area contributed by atoms with E-state index in [1.807, 2.05) is 13.8 Å². The zero-order valence-corrected chi connectivity index (χ0v) is 25.5. The molecule has 40 heavy (non-hydrogen) atoms. The Balaban J connectivity index is 1.83. The molecule has 8 nitrogen and oxygen atoms in total. The van der Waals surface area contributed by atoms with Crippen molar-refractivity contribution >= 4 is 39.1 Å². The molecular formula is C27H35Cl2F2N3O5S. The Kier molecular flexibility index (Phi) is 10.7. The topological polar surface area (TPSA) is 79.4 Å². The van der Waals surface area contributed by atoms with Crippen LogP contribution in [0.4, 0.5) is 8.78 Å². The molecule has 1 fully saturated rings. The van der Waals surface area contributed by atoms with Gasteiger partial charge in [0.25, 0.3) is 0 Å². The van der Waals surface area contributed by atoms with Gasteiger partial charge < -0.3 is 19.3 Å². The third-order valence-corrected chi connectivity index (χ3v) is 9.38. The highest BCUT2D eigenvalue weighted by atomic mass is 35.5. The Morgan fingerprint density at radius 3 is 2.42 bits per heavy atom. The van der Waals surface area contributed by atoms with E-state index in [-0.39, 0.29) is 30.0 Å². The van der Waals surface area contributed by atoms with E-state index in [0.717, 1.165) is 0 Å². The van der Waals surface area contributed by atoms with E-state index >= 15 is 0 Å². The van der Waals surface area contributed by atoms with E-state index in [0.29, 0.717) is 53.8 Å². The second kappa shape index (κ2) is 13.2. The van der Waals surface area contributed by atoms with Gasteiger partial charge >= 0.3 is 6.61 Å². The van der Waals surface area contributed by atoms with Crippen LogP contribution in [0.15, 0.2) is 36.4 Å². The van der Waals surface area contributed by atoms with E-state index in [1.165, 1.54) is 23.7 Å². The Morgan fingerprint density at radius 2 is 1.85 bits per heavy atom. The third-order valence-electron chi connectivity index (χ3n) is 7.24. The van der Waals surface area contributed by atoms with Gasteiger partial charge in [0, 0.05) is 39.3 Å². The maximum Gasteiger partial charge on any atom is 0.387 e. The molecule has 0 aromatic heterocycles. The lowest BCUT2D eigenvalue weighted by Gasteiger charge is -2.40. The average Bonchev–Trinajstić information content (AvgIpc) is 2.88. The molecule has 13 heteroatoms. The molecule has 0 aliphatic carbocycles. The zero-order valence-electron chi connectivity index (χ0n) is 23.2. The molecule has 2 atom stereocenters. The van der Waals surface area contributed by atoms with Crippen molar-refractivity contribution in [3.05, 3.63) is 57.6 Å². The number of rotatable bonds is 11. The summed E-state index contributed by atoms with van der Waals surface area (Å²) in [5.74, 6) is -0.144. The Morgan fingerprint density at radius 1 is 1.15 bits per heavy atom. The fourth-order valence-electron chi connectivity index (χ4n) is 5.08. The van der Waals surface area contributed by atoms with E-state index in [2.05, 4.69) is 9.64 Å². The van der Waals surface area contributed by atoms with Crippen LogP contribution in [-0.2, 0) is 26.8 Å². The second-order valence-corrected chi connectivity index (χ2v) is 13.0. The summed E-state index contributed by atoms with van der Waals surface area (Å²) in [5, 5.41) is 0.702. The van der Waals surface area contributed by atoms with Gasteiger partial charge in [0.05, 0.1) is 28.8 Å². The molecule has 1 unspecified atom stereocenters. The summed E-state index contributed by atoms with van der Waals surface area (Å²) in [6.45, 7) is 2.93. The van der Waals surface area contributed by atoms with Crippen LogP contribution >= 0.6 is 23.2 Å². The summed E-state index contributed by atoms with van der Waals surface area (Å²) in [5.41, 5.74) is 0.361. The number of amides is 1. The summed E-state index contributed by atoms with van der Waals surface area (Å²) in [6, 6.07) is 9.48. The van der Waals surface area contributed by atoms with Crippen LogP contribution in [0, 0.1) is 0 Å². The third kappa shape index (κ3) is 7.76. The fraction of sp³-hybridized carbons (Fsp3) is 0.519. The summed E-state index contributed by atoms with van der Waals surface area (Å²) in [6.07, 6.45) is 1.65. The van der Waals surface area contributed by atoms with E-state index in [1.54, 1.807) is 42.3 Å². The van der Waals surface area contributed by atoms with Gasteiger partial charge in [0.15, 0.2) is 11.5 Å². The normalized spacial score (nSPS) is 18.4. The lowest BCUT2D eigenvalue weighted by molar-refractivity contribution is -0.136. The van der Waals surface area contributed by atoms with Crippen molar-refractivity contribution in [2.45, 2.75) is 44.9 Å². The van der Waals surface area contributed by atoms with Crippen LogP contribution in [0.5, 0.6) is 11.5 Å². The number of nitrogens with zero attached hydrogens (tertiary/aromatic N) is 3. The number of methoxy groups -OCH3 is 1. The van der Waals surface area contributed by atoms with Crippen LogP contribution in [0.2, 0.25) is 10.0 Å². The lowest BCUT2D eigenvalue weighted by atomic mass is 9.77. The summed E-state index contributed by atoms with van der Waals surface area (Å²) >= 11 is 12.5. The molecular weight excluding hydrogens is 587 g/mol. The average molecular weight is 623 g/mol. The maximum atomic E-state index is 14.0. The highest BCUT2D eigenvalue weighted by molar-refractivity contribution is 7.88. The molecule has 0 spiro atoms. The lowest BCUT2D eigenvalue weighted by Crippen LogP contribution is -2.54. The predicted octanol–water partition coefficient (Wildman–Crippen LogP) is 4.88. The largest absolute Gasteiger partial charge is 0.493 e. The molecule has 1 heterocycles. The number of halogens is 4. The minimum atomic E-state index is -3.30. The molecule has 0 saturated carbocycles. The summed E-state index contributed by atoms with van der Waals surface area (Å²) in [4.78, 5) is 17.8. The molecule has 2 aromatic rings. The Labute approximate surface area is 244 Å². The second-order valence-electron chi connectivity index (χ2n) is 10.3. The first kappa shape index (κ1) is 32.3. The molecule has 3 rings (SSSR count). The number of carbonyl (C=O) groups is 1. The first-order valence-electron chi connectivity index (χ1n) is 12.7. The molecule has 222 valence electrons. The van der Waals surface area contributed by atoms with Crippen molar-refractivity contribution in [1.29, 1.82) is 0 Å². The van der Waals surface area contributed by atoms with Gasteiger partial charge in [0.1, 0.15) is 0 Å². The van der Waals surface area contributed by atoms with E-state index in [4.69, 9.17) is 27.9 Å². The number of carbonyl (C=O) groups excluding carboxylic acids is 1. The molecule has 1 amide bonds. The molecule has 1 saturated heterocycles. The van der Waals surface area contributed by atoms with Crippen molar-refractivity contribution in [1.82, 2.24) is 14.1 Å². The molecule has 0 radical (unpaired) electrons. The number of benzene rings is 2. The quantitative estimate of drug-likeness (QED) is 0.356. The monoisotopic (exact) mass is 621 g/mol. The molecule has 0 N–H and O–H groups in total. The number of alkyl halides is 2. The summed E-state index contributed by atoms with van der Waals surface area (Å²) in [7, 11) is -0.278. The molecule has 1 aliphatic rings. The zero-order chi connectivity index (χ0) is 29.8. The Bertz CT molecular complexity index is 1320. The smallest absolute Gasteiger partial charge is 0.387 e. The van der Waals surface area contributed by atoms with Gasteiger partial charge in [-0.3, -0.25) is 4.79 Å². The number of ether oxygens (including phenoxy) is 2. The number of hydrogen-bond donors (Lipinski definition) is 0. The first-order chi connectivity index (χ1) is 18.6. The predicted molar refractivity (Wildman–Crippen MR) is 152 cm³/mol. The van der Waals surface area contributed by atoms with Crippen molar-refractivity contribution in [2.24, 2.45) is 0 Å². The van der Waals surface area contributed by atoms with Gasteiger partial charge in [-0.05, 0) is 62.2 Å². The Hall–Kier alpha value is -2.18. The molecule has 2 aromatic carbocycles. The van der Waals surface area contributed by atoms with Gasteiger partial charge in [-0.15, -0.1) is 0 Å². The maximum absolute atomic E-state index is 14.0. The summed E-state index contributed by atoms with van der Waals surface area (Å²) < 4.78 is 60.8. The van der Waals surface area contributed by atoms with Gasteiger partial charge in [-0.2, -0.15) is 13.1 Å². The van der Waals surface area contributed by atoms with Crippen molar-refractivity contribution in [3.8, 4) is 11.5 Å². The van der Waals surface area contributed by atoms with Crippen molar-refractivity contribution < 1.29 is 31.5 Å². The SMILES string of the molecule is COc1cc(CN(C)C(=O)C(C)(CCN2CCN(S(C)(=O)=O)[C@@H](C)C2)c2ccc(Cl)c(Cl)c2)ccc1OC(F)F. The fourth-order valence-corrected chi connectivity index (χ4v) is 6.51. The van der Waals surface area contributed by atoms with Crippen molar-refractivity contribution in [2.75, 3.05) is 46.6 Å². The highest BCUT2D eigenvalue weighted by Gasteiger charge is 2.39. The van der Waals surface area contributed by atoms with Crippen LogP contribution < -0.4 is 9.47 Å². The first-order valence-corrected chi connectivity index (χ1v) is 15.3. The van der Waals surface area contributed by atoms with Gasteiger partial charge in [0.2, 0.25) is 15.9 Å². The number of piperazine rings is 1. The van der Waals surface area contributed by atoms with Crippen LogP contribution in [0.25, 0.3) is 0 Å². The van der Waals surface area contributed by atoms with E-state index in [9.17, 15) is 22.0 Å². The van der Waals surface area contributed by atoms with Gasteiger partial charge in [-0.25, -0.2) is 8.42 Å². The van der Waals surface area contributed by atoms with Crippen LogP contribution in [0.1, 0.15) is 31.4 Å². The number of sulfonamides is 1. The standard InChI is InChI=1S/C27H35Cl2F2N3O5S/c1-18-16-33(12-13-34(18)40(5,36)37)11-10-27(2,20-7-8-21(28)22(29)15-20)25(35)32(3)17-19-6-9-23(39-26(30)31)24(14-19)38-4/h6-9,14-15,18,26H,10-13,16-17H2,1-5H3/t18-,27?/m0/s1. The molecule has 0 bridgehead atoms. The molecule has 1 aliphatic heterocycles. The van der Waals surface area contributed by atoms with Crippen molar-refractivity contribution in [3.63, 3.8) is 0 Å².